The van der Waals surface area contributed by atoms with E-state index in [0.717, 1.165) is 0 Å². The van der Waals surface area contributed by atoms with Crippen molar-refractivity contribution in [3.05, 3.63) is 0 Å². The Labute approximate surface area is 54.5 Å². The summed E-state index contributed by atoms with van der Waals surface area (Å²) in [6.07, 6.45) is 1.22. The first-order chi connectivity index (χ1) is 3.60. The molecule has 0 unspecified atom stereocenters. The van der Waals surface area contributed by atoms with Crippen LogP contribution < -0.4 is 5.64 Å². The van der Waals surface area contributed by atoms with Crippen molar-refractivity contribution < 1.29 is 0 Å². The Hall–Kier alpha value is 0.285. The molecule has 1 aliphatic heterocycles. The lowest BCUT2D eigenvalue weighted by molar-refractivity contribution is 1.21. The molecule has 1 rings (SSSR count). The maximum absolute atomic E-state index is 5.71. The smallest absolute Gasteiger partial charge is 0.167 e. The number of rotatable bonds is 0. The predicted octanol–water partition coefficient (Wildman–Crippen LogP) is -3.43. The van der Waals surface area contributed by atoms with Gasteiger partial charge in [0.15, 0.2) is 6.74 Å². The van der Waals surface area contributed by atoms with Crippen molar-refractivity contribution in [1.29, 1.82) is 0 Å². The zero-order valence-corrected chi connectivity index (χ0v) is 5.78. The van der Waals surface area contributed by atoms with E-state index in [2.05, 4.69) is 15.7 Å². The Kier molecular flexibility index (Phi) is 1.53. The van der Waals surface area contributed by atoms with Gasteiger partial charge in [-0.15, -0.1) is 5.11 Å². The van der Waals surface area contributed by atoms with E-state index < -0.39 is 0 Å². The molecule has 0 radical (unpaired) electrons. The molecule has 1 fully saturated rings. The highest BCUT2D eigenvalue weighted by atomic mass is 14.4. The van der Waals surface area contributed by atoms with Gasteiger partial charge in [-0.1, -0.05) is 6.32 Å². The van der Waals surface area contributed by atoms with Crippen LogP contribution in [-0.4, -0.2) is 36.7 Å². The third-order valence-electron chi connectivity index (χ3n) is 2.01. The lowest BCUT2D eigenvalue weighted by Gasteiger charge is -2.14. The van der Waals surface area contributed by atoms with E-state index in [-0.39, 0.29) is 0 Å². The third-order valence-corrected chi connectivity index (χ3v) is 2.01. The zero-order valence-electron chi connectivity index (χ0n) is 5.78. The normalized spacial score (nSPS) is 24.4. The fourth-order valence-corrected chi connectivity index (χ4v) is 1.49. The first-order valence-electron chi connectivity index (χ1n) is 3.36. The highest BCUT2D eigenvalue weighted by molar-refractivity contribution is 7.40. The Bertz CT molecular complexity index is 92.4. The van der Waals surface area contributed by atoms with Crippen LogP contribution in [0.3, 0.4) is 0 Å². The summed E-state index contributed by atoms with van der Waals surface area (Å²) >= 11 is 0. The van der Waals surface area contributed by atoms with Gasteiger partial charge in [0.25, 0.3) is 0 Å². The molecule has 1 aliphatic rings. The summed E-state index contributed by atoms with van der Waals surface area (Å²) < 4.78 is 0. The molecule has 0 saturated carbocycles. The Morgan fingerprint density at radius 2 is 2.25 bits per heavy atom. The van der Waals surface area contributed by atoms with Crippen LogP contribution in [0.25, 0.3) is 0 Å². The predicted molar refractivity (Wildman–Crippen MR) is 48.8 cm³/mol. The SMILES string of the molecule is BC1(B)BBB(N)C1. The minimum absolute atomic E-state index is 0.491. The van der Waals surface area contributed by atoms with Gasteiger partial charge in [0.1, 0.15) is 0 Å². The molecule has 0 aliphatic carbocycles. The van der Waals surface area contributed by atoms with Gasteiger partial charge in [-0.3, -0.25) is 0 Å². The lowest BCUT2D eigenvalue weighted by atomic mass is 9.16. The molecule has 1 saturated heterocycles. The molecule has 0 aromatic carbocycles. The van der Waals surface area contributed by atoms with Gasteiger partial charge in [-0.25, -0.2) is 0 Å². The number of nitrogens with two attached hydrogens (primary N) is 1. The molecule has 2 N–H and O–H groups in total. The van der Waals surface area contributed by atoms with Gasteiger partial charge in [0.05, 0.1) is 29.9 Å². The van der Waals surface area contributed by atoms with Crippen LogP contribution in [0.1, 0.15) is 0 Å². The molecule has 6 heteroatoms. The maximum atomic E-state index is 5.71. The highest BCUT2D eigenvalue weighted by Crippen LogP contribution is 2.24. The highest BCUT2D eigenvalue weighted by Gasteiger charge is 2.32. The molecule has 8 heavy (non-hydrogen) atoms. The van der Waals surface area contributed by atoms with Crippen molar-refractivity contribution in [2.75, 3.05) is 0 Å². The second kappa shape index (κ2) is 1.91. The third kappa shape index (κ3) is 1.38. The Morgan fingerprint density at radius 1 is 1.62 bits per heavy atom. The summed E-state index contributed by atoms with van der Waals surface area (Å²) in [6.45, 7) is 0.491. The van der Waals surface area contributed by atoms with E-state index in [1.165, 1.54) is 20.6 Å². The Balaban J connectivity index is 2.44. The van der Waals surface area contributed by atoms with Crippen LogP contribution in [0.5, 0.6) is 0 Å². The van der Waals surface area contributed by atoms with E-state index in [1.54, 1.807) is 0 Å². The first-order valence-corrected chi connectivity index (χ1v) is 3.36. The second-order valence-corrected chi connectivity index (χ2v) is 3.67. The molecule has 38 valence electrons. The second-order valence-electron chi connectivity index (χ2n) is 3.67. The van der Waals surface area contributed by atoms with Crippen LogP contribution in [0.2, 0.25) is 11.4 Å². The largest absolute Gasteiger partial charge is 0.376 e. The van der Waals surface area contributed by atoms with Crippen molar-refractivity contribution in [2.45, 2.75) is 11.4 Å². The standard InChI is InChI=1S/C2H10B5N/c3-2(4)1-7(8)6-5-2/h5-6H,1,3-4,8H2. The molecule has 0 bridgehead atoms. The van der Waals surface area contributed by atoms with E-state index >= 15 is 0 Å². The Morgan fingerprint density at radius 3 is 2.38 bits per heavy atom. The summed E-state index contributed by atoms with van der Waals surface area (Å²) in [7, 11) is 7.13. The van der Waals surface area contributed by atoms with Crippen LogP contribution in [0, 0.1) is 0 Å². The molecule has 0 aromatic rings. The van der Waals surface area contributed by atoms with Gasteiger partial charge in [-0.2, -0.15) is 0 Å². The quantitative estimate of drug-likeness (QED) is 0.317. The van der Waals surface area contributed by atoms with Crippen molar-refractivity contribution >= 4 is 36.7 Å². The monoisotopic (exact) mass is 103 g/mol. The summed E-state index contributed by atoms with van der Waals surface area (Å²) in [5.41, 5.74) is 5.71. The molecule has 0 atom stereocenters. The van der Waals surface area contributed by atoms with Gasteiger partial charge < -0.3 is 5.64 Å². The van der Waals surface area contributed by atoms with E-state index in [0.29, 0.717) is 11.9 Å². The summed E-state index contributed by atoms with van der Waals surface area (Å²) in [6, 6.07) is 0. The van der Waals surface area contributed by atoms with E-state index in [4.69, 9.17) is 5.64 Å². The lowest BCUT2D eigenvalue weighted by Crippen LogP contribution is -2.29. The molecular weight excluding hydrogens is 92.1 g/mol. The van der Waals surface area contributed by atoms with Gasteiger partial charge in [-0.05, 0) is 0 Å². The molecule has 1 heterocycles. The topological polar surface area (TPSA) is 26.0 Å². The average molecular weight is 102 g/mol. The molecular formula is C2H10B5N. The van der Waals surface area contributed by atoms with Crippen molar-refractivity contribution in [2.24, 2.45) is 5.64 Å². The van der Waals surface area contributed by atoms with Crippen LogP contribution in [-0.2, 0) is 0 Å². The average Bonchev–Trinajstić information content (AvgIpc) is 1.82. The van der Waals surface area contributed by atoms with Crippen LogP contribution >= 0.6 is 0 Å². The molecule has 0 aromatic heterocycles. The van der Waals surface area contributed by atoms with Crippen molar-refractivity contribution in [3.63, 3.8) is 0 Å². The molecule has 1 nitrogen and oxygen atoms in total. The molecule has 0 amide bonds. The maximum Gasteiger partial charge on any atom is 0.167 e. The van der Waals surface area contributed by atoms with E-state index in [1.807, 2.05) is 0 Å². The van der Waals surface area contributed by atoms with E-state index in [9.17, 15) is 0 Å². The summed E-state index contributed by atoms with van der Waals surface area (Å²) in [5.74, 6) is 0. The fourth-order valence-electron chi connectivity index (χ4n) is 1.49. The summed E-state index contributed by atoms with van der Waals surface area (Å²) in [5, 5.41) is 0.541. The van der Waals surface area contributed by atoms with Crippen LogP contribution in [0.15, 0.2) is 0 Å². The van der Waals surface area contributed by atoms with Crippen LogP contribution in [0.4, 0.5) is 0 Å². The van der Waals surface area contributed by atoms with Crippen molar-refractivity contribution in [1.82, 2.24) is 0 Å². The number of hydrogen-bond donors (Lipinski definition) is 1. The molecule has 0 spiro atoms. The van der Waals surface area contributed by atoms with Gasteiger partial charge >= 0.3 is 0 Å². The van der Waals surface area contributed by atoms with Gasteiger partial charge in [0.2, 0.25) is 0 Å². The summed E-state index contributed by atoms with van der Waals surface area (Å²) in [4.78, 5) is 0. The van der Waals surface area contributed by atoms with Crippen molar-refractivity contribution in [3.8, 4) is 0 Å². The van der Waals surface area contributed by atoms with Gasteiger partial charge in [0, 0.05) is 0 Å². The first kappa shape index (κ1) is 6.41. The minimum atomic E-state index is 0.491. The fraction of sp³-hybridized carbons (Fsp3) is 1.00. The number of hydrogen-bond acceptors (Lipinski definition) is 1. The minimum Gasteiger partial charge on any atom is -0.376 e. The zero-order chi connectivity index (χ0) is 6.20.